The van der Waals surface area contributed by atoms with Crippen LogP contribution in [0.1, 0.15) is 11.1 Å². The molecule has 0 amide bonds. The monoisotopic (exact) mass is 200 g/mol. The molecule has 0 spiro atoms. The van der Waals surface area contributed by atoms with Crippen molar-refractivity contribution in [2.75, 3.05) is 5.73 Å². The van der Waals surface area contributed by atoms with Crippen LogP contribution in [0.4, 0.5) is 5.95 Å². The first-order valence-electron chi connectivity index (χ1n) is 4.69. The maximum atomic E-state index is 5.49. The minimum Gasteiger partial charge on any atom is -0.366 e. The van der Waals surface area contributed by atoms with Crippen LogP contribution < -0.4 is 5.73 Å². The highest BCUT2D eigenvalue weighted by Gasteiger charge is 2.04. The zero-order valence-corrected chi connectivity index (χ0v) is 8.73. The molecule has 2 rings (SSSR count). The SMILES string of the molecule is Cc1ccc(-c2cnnc(N)n2)c(C)c1. The maximum absolute atomic E-state index is 5.49. The Morgan fingerprint density at radius 1 is 1.20 bits per heavy atom. The Morgan fingerprint density at radius 3 is 2.67 bits per heavy atom. The van der Waals surface area contributed by atoms with Gasteiger partial charge in [0.15, 0.2) is 0 Å². The second-order valence-electron chi connectivity index (χ2n) is 3.52. The molecule has 0 radical (unpaired) electrons. The van der Waals surface area contributed by atoms with E-state index in [0.29, 0.717) is 0 Å². The third-order valence-electron chi connectivity index (χ3n) is 2.23. The molecule has 4 heteroatoms. The predicted octanol–water partition coefficient (Wildman–Crippen LogP) is 1.74. The maximum Gasteiger partial charge on any atom is 0.240 e. The van der Waals surface area contributed by atoms with Gasteiger partial charge in [-0.2, -0.15) is 5.10 Å². The van der Waals surface area contributed by atoms with Gasteiger partial charge in [0, 0.05) is 5.56 Å². The molecule has 0 unspecified atom stereocenters. The summed E-state index contributed by atoms with van der Waals surface area (Å²) in [4.78, 5) is 4.14. The Labute approximate surface area is 88.2 Å². The highest BCUT2D eigenvalue weighted by molar-refractivity contribution is 5.63. The predicted molar refractivity (Wildman–Crippen MR) is 59.1 cm³/mol. The lowest BCUT2D eigenvalue weighted by Gasteiger charge is -2.05. The Kier molecular flexibility index (Phi) is 2.33. The highest BCUT2D eigenvalue weighted by Crippen LogP contribution is 2.21. The van der Waals surface area contributed by atoms with Crippen molar-refractivity contribution in [1.29, 1.82) is 0 Å². The Morgan fingerprint density at radius 2 is 2.00 bits per heavy atom. The molecule has 0 aliphatic heterocycles. The molecule has 0 atom stereocenters. The zero-order valence-electron chi connectivity index (χ0n) is 8.73. The summed E-state index contributed by atoms with van der Waals surface area (Å²) < 4.78 is 0. The van der Waals surface area contributed by atoms with E-state index in [1.807, 2.05) is 19.1 Å². The van der Waals surface area contributed by atoms with Gasteiger partial charge in [-0.1, -0.05) is 23.8 Å². The number of nitrogen functional groups attached to an aromatic ring is 1. The standard InChI is InChI=1S/C11H12N4/c1-7-3-4-9(8(2)5-7)10-6-13-15-11(12)14-10/h3-6H,1-2H3,(H2,12,14,15). The Hall–Kier alpha value is -1.97. The first-order chi connectivity index (χ1) is 7.16. The van der Waals surface area contributed by atoms with E-state index >= 15 is 0 Å². The van der Waals surface area contributed by atoms with Gasteiger partial charge in [-0.25, -0.2) is 4.98 Å². The zero-order chi connectivity index (χ0) is 10.8. The molecule has 1 heterocycles. The third kappa shape index (κ3) is 1.93. The van der Waals surface area contributed by atoms with E-state index in [1.54, 1.807) is 6.20 Å². The molecule has 0 aliphatic carbocycles. The average molecular weight is 200 g/mol. The van der Waals surface area contributed by atoms with Crippen LogP contribution in [0.25, 0.3) is 11.3 Å². The van der Waals surface area contributed by atoms with Crippen LogP contribution in [0, 0.1) is 13.8 Å². The summed E-state index contributed by atoms with van der Waals surface area (Å²) in [6.07, 6.45) is 1.62. The van der Waals surface area contributed by atoms with Crippen LogP contribution in [-0.2, 0) is 0 Å². The number of anilines is 1. The lowest BCUT2D eigenvalue weighted by molar-refractivity contribution is 0.989. The average Bonchev–Trinajstić information content (AvgIpc) is 2.17. The van der Waals surface area contributed by atoms with Crippen molar-refractivity contribution in [3.8, 4) is 11.3 Å². The molecular formula is C11H12N4. The lowest BCUT2D eigenvalue weighted by Crippen LogP contribution is -1.98. The quantitative estimate of drug-likeness (QED) is 0.761. The third-order valence-corrected chi connectivity index (χ3v) is 2.23. The first-order valence-corrected chi connectivity index (χ1v) is 4.69. The molecule has 0 saturated heterocycles. The van der Waals surface area contributed by atoms with Gasteiger partial charge in [-0.3, -0.25) is 0 Å². The number of nitrogens with zero attached hydrogens (tertiary/aromatic N) is 3. The number of hydrogen-bond donors (Lipinski definition) is 1. The molecule has 1 aromatic heterocycles. The Bertz CT molecular complexity index is 494. The van der Waals surface area contributed by atoms with Gasteiger partial charge in [0.05, 0.1) is 11.9 Å². The van der Waals surface area contributed by atoms with Crippen LogP contribution in [0.3, 0.4) is 0 Å². The van der Waals surface area contributed by atoms with Crippen molar-refractivity contribution in [1.82, 2.24) is 15.2 Å². The molecule has 76 valence electrons. The van der Waals surface area contributed by atoms with Gasteiger partial charge in [0.25, 0.3) is 0 Å². The van der Waals surface area contributed by atoms with Crippen LogP contribution in [0.15, 0.2) is 24.4 Å². The van der Waals surface area contributed by atoms with Crippen LogP contribution in [0.2, 0.25) is 0 Å². The molecular weight excluding hydrogens is 188 g/mol. The van der Waals surface area contributed by atoms with Gasteiger partial charge < -0.3 is 5.73 Å². The van der Waals surface area contributed by atoms with Gasteiger partial charge in [-0.15, -0.1) is 5.10 Å². The highest BCUT2D eigenvalue weighted by atomic mass is 15.2. The molecule has 2 aromatic rings. The summed E-state index contributed by atoms with van der Waals surface area (Å²) in [7, 11) is 0. The van der Waals surface area contributed by atoms with Crippen LogP contribution in [0.5, 0.6) is 0 Å². The molecule has 0 saturated carbocycles. The minimum atomic E-state index is 0.201. The van der Waals surface area contributed by atoms with E-state index in [-0.39, 0.29) is 5.95 Å². The smallest absolute Gasteiger partial charge is 0.240 e. The van der Waals surface area contributed by atoms with Crippen molar-refractivity contribution in [2.24, 2.45) is 0 Å². The molecule has 15 heavy (non-hydrogen) atoms. The second kappa shape index (κ2) is 3.65. The number of aryl methyl sites for hydroxylation is 2. The normalized spacial score (nSPS) is 10.3. The first kappa shape index (κ1) is 9.58. The van der Waals surface area contributed by atoms with Crippen molar-refractivity contribution >= 4 is 5.95 Å². The number of aromatic nitrogens is 3. The molecule has 1 aromatic carbocycles. The van der Waals surface area contributed by atoms with Gasteiger partial charge >= 0.3 is 0 Å². The molecule has 0 bridgehead atoms. The largest absolute Gasteiger partial charge is 0.366 e. The van der Waals surface area contributed by atoms with Crippen molar-refractivity contribution in [2.45, 2.75) is 13.8 Å². The fraction of sp³-hybridized carbons (Fsp3) is 0.182. The van der Waals surface area contributed by atoms with E-state index < -0.39 is 0 Å². The summed E-state index contributed by atoms with van der Waals surface area (Å²) in [5, 5.41) is 7.42. The molecule has 4 nitrogen and oxygen atoms in total. The van der Waals surface area contributed by atoms with Gasteiger partial charge in [0.1, 0.15) is 0 Å². The summed E-state index contributed by atoms with van der Waals surface area (Å²) in [5.74, 6) is 0.201. The summed E-state index contributed by atoms with van der Waals surface area (Å²) in [6.45, 7) is 4.10. The fourth-order valence-corrected chi connectivity index (χ4v) is 1.55. The second-order valence-corrected chi connectivity index (χ2v) is 3.52. The summed E-state index contributed by atoms with van der Waals surface area (Å²) in [5.41, 5.74) is 9.69. The van der Waals surface area contributed by atoms with E-state index in [4.69, 9.17) is 5.73 Å². The molecule has 0 fully saturated rings. The van der Waals surface area contributed by atoms with Crippen molar-refractivity contribution in [3.05, 3.63) is 35.5 Å². The van der Waals surface area contributed by atoms with Crippen LogP contribution in [-0.4, -0.2) is 15.2 Å². The minimum absolute atomic E-state index is 0.201. The van der Waals surface area contributed by atoms with E-state index in [9.17, 15) is 0 Å². The van der Waals surface area contributed by atoms with Crippen LogP contribution >= 0.6 is 0 Å². The Balaban J connectivity index is 2.54. The number of benzene rings is 1. The number of nitrogens with two attached hydrogens (primary N) is 1. The number of hydrogen-bond acceptors (Lipinski definition) is 4. The lowest BCUT2D eigenvalue weighted by atomic mass is 10.0. The molecule has 0 aliphatic rings. The summed E-state index contributed by atoms with van der Waals surface area (Å²) in [6, 6.07) is 6.17. The van der Waals surface area contributed by atoms with Gasteiger partial charge in [0.2, 0.25) is 5.95 Å². The van der Waals surface area contributed by atoms with Crippen molar-refractivity contribution < 1.29 is 0 Å². The van der Waals surface area contributed by atoms with Crippen molar-refractivity contribution in [3.63, 3.8) is 0 Å². The fourth-order valence-electron chi connectivity index (χ4n) is 1.55. The van der Waals surface area contributed by atoms with E-state index in [2.05, 4.69) is 28.2 Å². The number of rotatable bonds is 1. The summed E-state index contributed by atoms with van der Waals surface area (Å²) >= 11 is 0. The topological polar surface area (TPSA) is 64.7 Å². The van der Waals surface area contributed by atoms with Gasteiger partial charge in [-0.05, 0) is 19.4 Å². The molecule has 2 N–H and O–H groups in total. The van der Waals surface area contributed by atoms with E-state index in [0.717, 1.165) is 16.8 Å². The van der Waals surface area contributed by atoms with E-state index in [1.165, 1.54) is 5.56 Å².